The number of methoxy groups -OCH3 is 1. The number of rotatable bonds is 6. The summed E-state index contributed by atoms with van der Waals surface area (Å²) in [6.07, 6.45) is 1.32. The highest BCUT2D eigenvalue weighted by Crippen LogP contribution is 2.18. The van der Waals surface area contributed by atoms with Crippen molar-refractivity contribution in [3.63, 3.8) is 0 Å². The van der Waals surface area contributed by atoms with Gasteiger partial charge in [0.15, 0.2) is 0 Å². The standard InChI is InChI=1S/C19H17FN4O2/c1-26-16-8-6-15(7-9-16)24-18-10-17(22-12-23-18)19(25)21-11-13-2-4-14(20)5-3-13/h2-10,12H,11H2,1H3,(H,21,25)(H,22,23,24). The molecule has 0 aliphatic heterocycles. The van der Waals surface area contributed by atoms with Crippen molar-refractivity contribution in [3.05, 3.63) is 78.0 Å². The molecule has 0 spiro atoms. The number of halogens is 1. The number of anilines is 2. The smallest absolute Gasteiger partial charge is 0.270 e. The lowest BCUT2D eigenvalue weighted by Gasteiger charge is -2.08. The molecule has 0 fully saturated rings. The van der Waals surface area contributed by atoms with E-state index in [1.165, 1.54) is 18.5 Å². The summed E-state index contributed by atoms with van der Waals surface area (Å²) < 4.78 is 18.0. The summed E-state index contributed by atoms with van der Waals surface area (Å²) in [4.78, 5) is 20.4. The van der Waals surface area contributed by atoms with Gasteiger partial charge >= 0.3 is 0 Å². The molecule has 0 aliphatic carbocycles. The zero-order chi connectivity index (χ0) is 18.4. The molecule has 1 aromatic heterocycles. The van der Waals surface area contributed by atoms with E-state index in [9.17, 15) is 9.18 Å². The zero-order valence-corrected chi connectivity index (χ0v) is 14.1. The van der Waals surface area contributed by atoms with Gasteiger partial charge in [-0.25, -0.2) is 14.4 Å². The summed E-state index contributed by atoms with van der Waals surface area (Å²) >= 11 is 0. The van der Waals surface area contributed by atoms with E-state index >= 15 is 0 Å². The number of ether oxygens (including phenoxy) is 1. The van der Waals surface area contributed by atoms with E-state index < -0.39 is 0 Å². The maximum atomic E-state index is 12.9. The monoisotopic (exact) mass is 352 g/mol. The summed E-state index contributed by atoms with van der Waals surface area (Å²) in [5.41, 5.74) is 1.84. The van der Waals surface area contributed by atoms with E-state index in [4.69, 9.17) is 4.74 Å². The summed E-state index contributed by atoms with van der Waals surface area (Å²) in [5.74, 6) is 0.593. The first-order valence-corrected chi connectivity index (χ1v) is 7.90. The average molecular weight is 352 g/mol. The molecule has 7 heteroatoms. The first-order valence-electron chi connectivity index (χ1n) is 7.90. The van der Waals surface area contributed by atoms with Crippen LogP contribution in [0.1, 0.15) is 16.1 Å². The SMILES string of the molecule is COc1ccc(Nc2cc(C(=O)NCc3ccc(F)cc3)ncn2)cc1. The third-order valence-electron chi connectivity index (χ3n) is 3.63. The van der Waals surface area contributed by atoms with Crippen molar-refractivity contribution in [2.75, 3.05) is 12.4 Å². The second-order valence-electron chi connectivity index (χ2n) is 5.45. The Labute approximate surface area is 150 Å². The van der Waals surface area contributed by atoms with Crippen LogP contribution in [0.4, 0.5) is 15.9 Å². The Bertz CT molecular complexity index is 883. The largest absolute Gasteiger partial charge is 0.497 e. The van der Waals surface area contributed by atoms with Gasteiger partial charge in [0.2, 0.25) is 0 Å². The fraction of sp³-hybridized carbons (Fsp3) is 0.105. The van der Waals surface area contributed by atoms with E-state index in [0.29, 0.717) is 5.82 Å². The molecule has 26 heavy (non-hydrogen) atoms. The van der Waals surface area contributed by atoms with Crippen LogP contribution in [0.2, 0.25) is 0 Å². The number of nitrogens with zero attached hydrogens (tertiary/aromatic N) is 2. The van der Waals surface area contributed by atoms with Gasteiger partial charge in [0.1, 0.15) is 29.4 Å². The fourth-order valence-electron chi connectivity index (χ4n) is 2.25. The van der Waals surface area contributed by atoms with Gasteiger partial charge < -0.3 is 15.4 Å². The van der Waals surface area contributed by atoms with E-state index in [-0.39, 0.29) is 24.0 Å². The minimum Gasteiger partial charge on any atom is -0.497 e. The van der Waals surface area contributed by atoms with Crippen molar-refractivity contribution >= 4 is 17.4 Å². The topological polar surface area (TPSA) is 76.1 Å². The Balaban J connectivity index is 1.63. The van der Waals surface area contributed by atoms with Gasteiger partial charge in [-0.1, -0.05) is 12.1 Å². The molecule has 0 bridgehead atoms. The van der Waals surface area contributed by atoms with Gasteiger partial charge in [-0.15, -0.1) is 0 Å². The van der Waals surface area contributed by atoms with Crippen LogP contribution < -0.4 is 15.4 Å². The second-order valence-corrected chi connectivity index (χ2v) is 5.45. The van der Waals surface area contributed by atoms with Gasteiger partial charge in [-0.05, 0) is 42.0 Å². The fourth-order valence-corrected chi connectivity index (χ4v) is 2.25. The maximum Gasteiger partial charge on any atom is 0.270 e. The van der Waals surface area contributed by atoms with Crippen molar-refractivity contribution in [2.24, 2.45) is 0 Å². The first-order chi connectivity index (χ1) is 12.6. The van der Waals surface area contributed by atoms with E-state index in [1.54, 1.807) is 25.3 Å². The predicted molar refractivity (Wildman–Crippen MR) is 95.9 cm³/mol. The third kappa shape index (κ3) is 4.54. The molecule has 0 atom stereocenters. The minimum atomic E-state index is -0.338. The summed E-state index contributed by atoms with van der Waals surface area (Å²) in [5, 5.41) is 5.85. The molecule has 0 saturated heterocycles. The van der Waals surface area contributed by atoms with Gasteiger partial charge in [-0.3, -0.25) is 4.79 Å². The Morgan fingerprint density at radius 2 is 1.81 bits per heavy atom. The lowest BCUT2D eigenvalue weighted by Crippen LogP contribution is -2.24. The van der Waals surface area contributed by atoms with Crippen LogP contribution >= 0.6 is 0 Å². The zero-order valence-electron chi connectivity index (χ0n) is 14.1. The van der Waals surface area contributed by atoms with Crippen LogP contribution in [0.3, 0.4) is 0 Å². The Hall–Kier alpha value is -3.48. The number of carbonyl (C=O) groups is 1. The van der Waals surface area contributed by atoms with Gasteiger partial charge in [-0.2, -0.15) is 0 Å². The number of hydrogen-bond donors (Lipinski definition) is 2. The van der Waals surface area contributed by atoms with Gasteiger partial charge in [0.05, 0.1) is 7.11 Å². The molecule has 2 N–H and O–H groups in total. The molecule has 3 rings (SSSR count). The molecule has 0 radical (unpaired) electrons. The minimum absolute atomic E-state index is 0.234. The van der Waals surface area contributed by atoms with Crippen molar-refractivity contribution in [1.29, 1.82) is 0 Å². The molecule has 0 unspecified atom stereocenters. The van der Waals surface area contributed by atoms with Crippen molar-refractivity contribution in [3.8, 4) is 5.75 Å². The lowest BCUT2D eigenvalue weighted by molar-refractivity contribution is 0.0946. The van der Waals surface area contributed by atoms with Crippen molar-refractivity contribution in [1.82, 2.24) is 15.3 Å². The number of hydrogen-bond acceptors (Lipinski definition) is 5. The molecule has 132 valence electrons. The Kier molecular flexibility index (Phi) is 5.38. The predicted octanol–water partition coefficient (Wildman–Crippen LogP) is 3.30. The molecule has 6 nitrogen and oxygen atoms in total. The maximum absolute atomic E-state index is 12.9. The van der Waals surface area contributed by atoms with Gasteiger partial charge in [0.25, 0.3) is 5.91 Å². The molecular weight excluding hydrogens is 335 g/mol. The van der Waals surface area contributed by atoms with Crippen LogP contribution in [-0.2, 0) is 6.54 Å². The van der Waals surface area contributed by atoms with Crippen LogP contribution in [0.5, 0.6) is 5.75 Å². The van der Waals surface area contributed by atoms with Crippen molar-refractivity contribution in [2.45, 2.75) is 6.54 Å². The Morgan fingerprint density at radius 3 is 2.50 bits per heavy atom. The molecule has 2 aromatic carbocycles. The molecule has 1 heterocycles. The van der Waals surface area contributed by atoms with Crippen LogP contribution in [0.25, 0.3) is 0 Å². The average Bonchev–Trinajstić information content (AvgIpc) is 2.68. The van der Waals surface area contributed by atoms with Crippen molar-refractivity contribution < 1.29 is 13.9 Å². The van der Waals surface area contributed by atoms with E-state index in [2.05, 4.69) is 20.6 Å². The van der Waals surface area contributed by atoms with E-state index in [0.717, 1.165) is 17.0 Å². The lowest BCUT2D eigenvalue weighted by atomic mass is 10.2. The Morgan fingerprint density at radius 1 is 1.08 bits per heavy atom. The highest BCUT2D eigenvalue weighted by Gasteiger charge is 2.09. The van der Waals surface area contributed by atoms with E-state index in [1.807, 2.05) is 24.3 Å². The quantitative estimate of drug-likeness (QED) is 0.712. The number of aromatic nitrogens is 2. The first kappa shape index (κ1) is 17.3. The molecule has 3 aromatic rings. The molecule has 0 saturated carbocycles. The molecular formula is C19H17FN4O2. The van der Waals surface area contributed by atoms with Crippen LogP contribution in [0.15, 0.2) is 60.9 Å². The highest BCUT2D eigenvalue weighted by molar-refractivity contribution is 5.92. The van der Waals surface area contributed by atoms with Gasteiger partial charge in [0, 0.05) is 18.3 Å². The molecule has 1 amide bonds. The number of benzene rings is 2. The normalized spacial score (nSPS) is 10.2. The summed E-state index contributed by atoms with van der Waals surface area (Å²) in [7, 11) is 1.60. The number of amides is 1. The number of carbonyl (C=O) groups excluding carboxylic acids is 1. The summed E-state index contributed by atoms with van der Waals surface area (Å²) in [6, 6.07) is 14.8. The van der Waals surface area contributed by atoms with Crippen LogP contribution in [-0.4, -0.2) is 23.0 Å². The summed E-state index contributed by atoms with van der Waals surface area (Å²) in [6.45, 7) is 0.282. The highest BCUT2D eigenvalue weighted by atomic mass is 19.1. The third-order valence-corrected chi connectivity index (χ3v) is 3.63. The second kappa shape index (κ2) is 8.06. The van der Waals surface area contributed by atoms with Crippen LogP contribution in [0, 0.1) is 5.82 Å². The molecule has 0 aliphatic rings. The number of nitrogens with one attached hydrogen (secondary N) is 2.